The second-order valence-corrected chi connectivity index (χ2v) is 6.28. The molecule has 3 nitrogen and oxygen atoms in total. The van der Waals surface area contributed by atoms with Crippen LogP contribution < -0.4 is 5.32 Å². The van der Waals surface area contributed by atoms with E-state index in [9.17, 15) is 4.79 Å². The van der Waals surface area contributed by atoms with Crippen molar-refractivity contribution in [2.75, 3.05) is 26.2 Å². The van der Waals surface area contributed by atoms with Crippen molar-refractivity contribution in [3.63, 3.8) is 0 Å². The third kappa shape index (κ3) is 2.65. The van der Waals surface area contributed by atoms with E-state index in [0.29, 0.717) is 11.3 Å². The average molecular weight is 236 g/mol. The summed E-state index contributed by atoms with van der Waals surface area (Å²) in [5, 5.41) is 3.44. The Balaban J connectivity index is 1.50. The molecule has 1 amide bonds. The van der Waals surface area contributed by atoms with Crippen molar-refractivity contribution in [1.82, 2.24) is 10.2 Å². The molecular formula is C14H24N2O. The number of carbonyl (C=O) groups is 1. The van der Waals surface area contributed by atoms with Gasteiger partial charge in [0.25, 0.3) is 0 Å². The van der Waals surface area contributed by atoms with Crippen LogP contribution in [0, 0.1) is 11.3 Å². The van der Waals surface area contributed by atoms with Gasteiger partial charge in [0.1, 0.15) is 0 Å². The molecule has 3 aliphatic rings. The molecule has 17 heavy (non-hydrogen) atoms. The van der Waals surface area contributed by atoms with Gasteiger partial charge in [-0.25, -0.2) is 0 Å². The van der Waals surface area contributed by atoms with Crippen LogP contribution in [0.25, 0.3) is 0 Å². The number of carbonyl (C=O) groups excluding carboxylic acids is 1. The first-order valence-electron chi connectivity index (χ1n) is 7.26. The number of rotatable bonds is 2. The van der Waals surface area contributed by atoms with Gasteiger partial charge in [-0.1, -0.05) is 0 Å². The lowest BCUT2D eigenvalue weighted by atomic mass is 9.71. The van der Waals surface area contributed by atoms with E-state index in [4.69, 9.17) is 0 Å². The maximum absolute atomic E-state index is 12.0. The second-order valence-electron chi connectivity index (χ2n) is 6.28. The highest BCUT2D eigenvalue weighted by Crippen LogP contribution is 2.40. The lowest BCUT2D eigenvalue weighted by molar-refractivity contribution is -0.134. The predicted octanol–water partition coefficient (Wildman–Crippen LogP) is 1.78. The Morgan fingerprint density at radius 2 is 1.76 bits per heavy atom. The molecule has 3 fully saturated rings. The van der Waals surface area contributed by atoms with Gasteiger partial charge in [0, 0.05) is 19.5 Å². The van der Waals surface area contributed by atoms with Gasteiger partial charge in [0.15, 0.2) is 0 Å². The minimum absolute atomic E-state index is 0.427. The van der Waals surface area contributed by atoms with Gasteiger partial charge in [-0.15, -0.1) is 0 Å². The van der Waals surface area contributed by atoms with Gasteiger partial charge in [-0.3, -0.25) is 4.79 Å². The number of hydrogen-bond acceptors (Lipinski definition) is 2. The molecule has 3 rings (SSSR count). The van der Waals surface area contributed by atoms with Crippen LogP contribution in [0.3, 0.4) is 0 Å². The molecule has 2 saturated heterocycles. The number of amides is 1. The molecule has 0 bridgehead atoms. The van der Waals surface area contributed by atoms with Gasteiger partial charge < -0.3 is 10.2 Å². The number of piperidine rings is 2. The van der Waals surface area contributed by atoms with Gasteiger partial charge >= 0.3 is 0 Å². The number of nitrogens with one attached hydrogen (secondary N) is 1. The highest BCUT2D eigenvalue weighted by Gasteiger charge is 2.37. The molecule has 2 aliphatic heterocycles. The Morgan fingerprint density at radius 1 is 1.12 bits per heavy atom. The Bertz CT molecular complexity index is 283. The van der Waals surface area contributed by atoms with E-state index in [1.807, 2.05) is 0 Å². The van der Waals surface area contributed by atoms with Crippen LogP contribution in [0.5, 0.6) is 0 Å². The number of hydrogen-bond donors (Lipinski definition) is 1. The zero-order valence-corrected chi connectivity index (χ0v) is 10.7. The molecule has 0 aromatic rings. The lowest BCUT2D eigenvalue weighted by Gasteiger charge is -2.44. The third-order valence-corrected chi connectivity index (χ3v) is 5.00. The van der Waals surface area contributed by atoms with Gasteiger partial charge in [-0.05, 0) is 62.9 Å². The molecular weight excluding hydrogens is 212 g/mol. The highest BCUT2D eigenvalue weighted by atomic mass is 16.2. The molecule has 0 aromatic heterocycles. The van der Waals surface area contributed by atoms with Crippen molar-refractivity contribution >= 4 is 5.91 Å². The molecule has 96 valence electrons. The minimum Gasteiger partial charge on any atom is -0.343 e. The lowest BCUT2D eigenvalue weighted by Crippen LogP contribution is -2.47. The standard InChI is InChI=1S/C14H24N2O/c17-13(11-12-1-2-12)16-9-5-14(6-10-16)3-7-15-8-4-14/h12,15H,1-11H2. The van der Waals surface area contributed by atoms with Crippen molar-refractivity contribution in [2.45, 2.75) is 44.9 Å². The second kappa shape index (κ2) is 4.60. The van der Waals surface area contributed by atoms with Crippen LogP contribution in [0.2, 0.25) is 0 Å². The quantitative estimate of drug-likeness (QED) is 0.792. The third-order valence-electron chi connectivity index (χ3n) is 5.00. The summed E-state index contributed by atoms with van der Waals surface area (Å²) in [6.07, 6.45) is 8.52. The number of likely N-dealkylation sites (tertiary alicyclic amines) is 1. The van der Waals surface area contributed by atoms with E-state index in [-0.39, 0.29) is 0 Å². The highest BCUT2D eigenvalue weighted by molar-refractivity contribution is 5.76. The zero-order valence-electron chi connectivity index (χ0n) is 10.7. The largest absolute Gasteiger partial charge is 0.343 e. The molecule has 3 heteroatoms. The molecule has 0 radical (unpaired) electrons. The fourth-order valence-electron chi connectivity index (χ4n) is 3.39. The van der Waals surface area contributed by atoms with Crippen molar-refractivity contribution < 1.29 is 4.79 Å². The molecule has 0 aromatic carbocycles. The molecule has 1 spiro atoms. The van der Waals surface area contributed by atoms with E-state index in [0.717, 1.165) is 25.4 Å². The van der Waals surface area contributed by atoms with Crippen molar-refractivity contribution in [2.24, 2.45) is 11.3 Å². The Morgan fingerprint density at radius 3 is 2.35 bits per heavy atom. The summed E-state index contributed by atoms with van der Waals surface area (Å²) >= 11 is 0. The summed E-state index contributed by atoms with van der Waals surface area (Å²) in [6.45, 7) is 4.39. The van der Waals surface area contributed by atoms with Crippen LogP contribution in [-0.4, -0.2) is 37.0 Å². The fraction of sp³-hybridized carbons (Fsp3) is 0.929. The topological polar surface area (TPSA) is 32.3 Å². The summed E-state index contributed by atoms with van der Waals surface area (Å²) in [4.78, 5) is 14.2. The van der Waals surface area contributed by atoms with E-state index < -0.39 is 0 Å². The predicted molar refractivity (Wildman–Crippen MR) is 67.7 cm³/mol. The first kappa shape index (κ1) is 11.5. The first-order valence-corrected chi connectivity index (χ1v) is 7.26. The molecule has 1 saturated carbocycles. The van der Waals surface area contributed by atoms with Crippen molar-refractivity contribution in [3.05, 3.63) is 0 Å². The maximum atomic E-state index is 12.0. The monoisotopic (exact) mass is 236 g/mol. The SMILES string of the molecule is O=C(CC1CC1)N1CCC2(CCNCC2)CC1. The van der Waals surface area contributed by atoms with E-state index in [1.54, 1.807) is 0 Å². The zero-order chi connectivity index (χ0) is 11.7. The smallest absolute Gasteiger partial charge is 0.222 e. The maximum Gasteiger partial charge on any atom is 0.222 e. The van der Waals surface area contributed by atoms with Crippen molar-refractivity contribution in [3.8, 4) is 0 Å². The van der Waals surface area contributed by atoms with Gasteiger partial charge in [0.05, 0.1) is 0 Å². The minimum atomic E-state index is 0.427. The van der Waals surface area contributed by atoms with E-state index >= 15 is 0 Å². The van der Waals surface area contributed by atoms with Gasteiger partial charge in [0.2, 0.25) is 5.91 Å². The Kier molecular flexibility index (Phi) is 3.12. The van der Waals surface area contributed by atoms with E-state index in [2.05, 4.69) is 10.2 Å². The molecule has 1 aliphatic carbocycles. The normalized spacial score (nSPS) is 28.4. The fourth-order valence-corrected chi connectivity index (χ4v) is 3.39. The average Bonchev–Trinajstić information content (AvgIpc) is 3.15. The number of nitrogens with zero attached hydrogens (tertiary/aromatic N) is 1. The van der Waals surface area contributed by atoms with Crippen molar-refractivity contribution in [1.29, 1.82) is 0 Å². The van der Waals surface area contributed by atoms with Crippen LogP contribution in [0.15, 0.2) is 0 Å². The van der Waals surface area contributed by atoms with Crippen LogP contribution in [-0.2, 0) is 4.79 Å². The van der Waals surface area contributed by atoms with Crippen LogP contribution >= 0.6 is 0 Å². The van der Waals surface area contributed by atoms with Gasteiger partial charge in [-0.2, -0.15) is 0 Å². The summed E-state index contributed by atoms with van der Waals surface area (Å²) in [5.41, 5.74) is 0.571. The van der Waals surface area contributed by atoms with E-state index in [1.165, 1.54) is 51.6 Å². The van der Waals surface area contributed by atoms with Crippen LogP contribution in [0.1, 0.15) is 44.9 Å². The Labute approximate surface area is 104 Å². The summed E-state index contributed by atoms with van der Waals surface area (Å²) in [6, 6.07) is 0. The molecule has 0 atom stereocenters. The molecule has 0 unspecified atom stereocenters. The molecule has 2 heterocycles. The Hall–Kier alpha value is -0.570. The first-order chi connectivity index (χ1) is 8.27. The molecule has 1 N–H and O–H groups in total. The summed E-state index contributed by atoms with van der Waals surface area (Å²) in [7, 11) is 0. The summed E-state index contributed by atoms with van der Waals surface area (Å²) in [5.74, 6) is 1.16. The van der Waals surface area contributed by atoms with Crippen LogP contribution in [0.4, 0.5) is 0 Å². The summed E-state index contributed by atoms with van der Waals surface area (Å²) < 4.78 is 0.